The van der Waals surface area contributed by atoms with Gasteiger partial charge in [-0.2, -0.15) is 0 Å². The van der Waals surface area contributed by atoms with Gasteiger partial charge in [0.25, 0.3) is 5.56 Å². The molecule has 0 spiro atoms. The van der Waals surface area contributed by atoms with Crippen LogP contribution in [0.4, 0.5) is 0 Å². The summed E-state index contributed by atoms with van der Waals surface area (Å²) in [5.74, 6) is 0.412. The number of halogens is 1. The Labute approximate surface area is 97.3 Å². The summed E-state index contributed by atoms with van der Waals surface area (Å²) in [4.78, 5) is 22.4. The van der Waals surface area contributed by atoms with Crippen molar-refractivity contribution in [1.82, 2.24) is 15.0 Å². The number of aromatic amines is 1. The van der Waals surface area contributed by atoms with Gasteiger partial charge in [-0.15, -0.1) is 0 Å². The molecule has 0 saturated heterocycles. The Morgan fingerprint density at radius 2 is 2.31 bits per heavy atom. The van der Waals surface area contributed by atoms with Crippen LogP contribution in [0.15, 0.2) is 29.2 Å². The van der Waals surface area contributed by atoms with Crippen LogP contribution in [-0.4, -0.2) is 15.0 Å². The van der Waals surface area contributed by atoms with Gasteiger partial charge in [0, 0.05) is 18.0 Å². The zero-order valence-electron chi connectivity index (χ0n) is 8.70. The van der Waals surface area contributed by atoms with E-state index in [1.807, 2.05) is 6.92 Å². The molecule has 0 aliphatic rings. The first kappa shape index (κ1) is 10.8. The summed E-state index contributed by atoms with van der Waals surface area (Å²) in [5.41, 5.74) is 1.03. The molecule has 2 rings (SSSR count). The van der Waals surface area contributed by atoms with E-state index in [4.69, 9.17) is 11.6 Å². The summed E-state index contributed by atoms with van der Waals surface area (Å²) in [6, 6.07) is 4.91. The third-order valence-corrected chi connectivity index (χ3v) is 2.44. The molecule has 4 nitrogen and oxygen atoms in total. The molecule has 0 aromatic carbocycles. The summed E-state index contributed by atoms with van der Waals surface area (Å²) in [7, 11) is 0. The predicted octanol–water partition coefficient (Wildman–Crippen LogP) is 2.05. The van der Waals surface area contributed by atoms with Crippen LogP contribution in [0.2, 0.25) is 5.02 Å². The predicted molar refractivity (Wildman–Crippen MR) is 62.5 cm³/mol. The maximum Gasteiger partial charge on any atom is 0.251 e. The zero-order valence-corrected chi connectivity index (χ0v) is 9.45. The molecule has 82 valence electrons. The standard InChI is InChI=1S/C11H10ClN3O/c1-2-7-6-9(16)15-11(14-7)10-8(12)4-3-5-13-10/h3-6H,2H2,1H3,(H,14,15,16). The monoisotopic (exact) mass is 235 g/mol. The van der Waals surface area contributed by atoms with Crippen molar-refractivity contribution < 1.29 is 0 Å². The zero-order chi connectivity index (χ0) is 11.5. The molecule has 0 atom stereocenters. The lowest BCUT2D eigenvalue weighted by atomic mass is 10.3. The molecule has 0 fully saturated rings. The smallest absolute Gasteiger partial charge is 0.251 e. The van der Waals surface area contributed by atoms with Crippen molar-refractivity contribution in [2.45, 2.75) is 13.3 Å². The van der Waals surface area contributed by atoms with E-state index in [0.717, 1.165) is 5.69 Å². The van der Waals surface area contributed by atoms with Gasteiger partial charge in [0.1, 0.15) is 5.69 Å². The second kappa shape index (κ2) is 4.45. The lowest BCUT2D eigenvalue weighted by molar-refractivity contribution is 0.980. The van der Waals surface area contributed by atoms with E-state index in [9.17, 15) is 4.79 Å². The first-order valence-electron chi connectivity index (χ1n) is 4.92. The lowest BCUT2D eigenvalue weighted by Gasteiger charge is -2.03. The summed E-state index contributed by atoms with van der Waals surface area (Å²) in [5, 5.41) is 0.471. The minimum Gasteiger partial charge on any atom is -0.305 e. The van der Waals surface area contributed by atoms with Crippen molar-refractivity contribution in [3.8, 4) is 11.5 Å². The van der Waals surface area contributed by atoms with Crippen LogP contribution in [0.1, 0.15) is 12.6 Å². The fourth-order valence-electron chi connectivity index (χ4n) is 1.36. The molecule has 0 radical (unpaired) electrons. The average Bonchev–Trinajstić information content (AvgIpc) is 2.28. The number of pyridine rings is 1. The summed E-state index contributed by atoms with van der Waals surface area (Å²) in [6.45, 7) is 1.94. The van der Waals surface area contributed by atoms with E-state index in [0.29, 0.717) is 23.0 Å². The average molecular weight is 236 g/mol. The number of H-pyrrole nitrogens is 1. The van der Waals surface area contributed by atoms with E-state index < -0.39 is 0 Å². The Morgan fingerprint density at radius 3 is 3.00 bits per heavy atom. The van der Waals surface area contributed by atoms with Gasteiger partial charge in [-0.3, -0.25) is 9.78 Å². The van der Waals surface area contributed by atoms with Crippen molar-refractivity contribution in [3.63, 3.8) is 0 Å². The van der Waals surface area contributed by atoms with Gasteiger partial charge >= 0.3 is 0 Å². The largest absolute Gasteiger partial charge is 0.305 e. The number of aromatic nitrogens is 3. The summed E-state index contributed by atoms with van der Waals surface area (Å²) in [6.07, 6.45) is 2.31. The molecule has 0 bridgehead atoms. The van der Waals surface area contributed by atoms with Gasteiger partial charge in [0.15, 0.2) is 5.82 Å². The SMILES string of the molecule is CCc1cc(=O)[nH]c(-c2ncccc2Cl)n1. The summed E-state index contributed by atoms with van der Waals surface area (Å²) >= 11 is 5.98. The molecular weight excluding hydrogens is 226 g/mol. The lowest BCUT2D eigenvalue weighted by Crippen LogP contribution is -2.10. The molecule has 1 N–H and O–H groups in total. The van der Waals surface area contributed by atoms with Crippen LogP contribution < -0.4 is 5.56 Å². The molecule has 5 heteroatoms. The molecule has 0 saturated carbocycles. The van der Waals surface area contributed by atoms with Gasteiger partial charge in [-0.1, -0.05) is 18.5 Å². The molecule has 16 heavy (non-hydrogen) atoms. The molecule has 0 aliphatic heterocycles. The van der Waals surface area contributed by atoms with E-state index in [1.54, 1.807) is 18.3 Å². The first-order valence-corrected chi connectivity index (χ1v) is 5.29. The number of aryl methyl sites for hydroxylation is 1. The van der Waals surface area contributed by atoms with Crippen LogP contribution in [0, 0.1) is 0 Å². The van der Waals surface area contributed by atoms with Crippen molar-refractivity contribution in [3.05, 3.63) is 45.5 Å². The normalized spacial score (nSPS) is 10.4. The van der Waals surface area contributed by atoms with Crippen LogP contribution in [0.25, 0.3) is 11.5 Å². The van der Waals surface area contributed by atoms with Crippen molar-refractivity contribution in [2.75, 3.05) is 0 Å². The Morgan fingerprint density at radius 1 is 1.50 bits per heavy atom. The topological polar surface area (TPSA) is 58.6 Å². The fraction of sp³-hybridized carbons (Fsp3) is 0.182. The van der Waals surface area contributed by atoms with Gasteiger partial charge in [0.2, 0.25) is 0 Å². The molecule has 0 amide bonds. The van der Waals surface area contributed by atoms with Crippen LogP contribution in [0.5, 0.6) is 0 Å². The number of nitrogens with zero attached hydrogens (tertiary/aromatic N) is 2. The van der Waals surface area contributed by atoms with Crippen molar-refractivity contribution in [1.29, 1.82) is 0 Å². The Kier molecular flexibility index (Phi) is 3.01. The van der Waals surface area contributed by atoms with E-state index in [-0.39, 0.29) is 5.56 Å². The van der Waals surface area contributed by atoms with Gasteiger partial charge in [-0.05, 0) is 18.6 Å². The third kappa shape index (κ3) is 2.12. The number of nitrogens with one attached hydrogen (secondary N) is 1. The number of hydrogen-bond donors (Lipinski definition) is 1. The van der Waals surface area contributed by atoms with Crippen molar-refractivity contribution in [2.24, 2.45) is 0 Å². The van der Waals surface area contributed by atoms with Gasteiger partial charge in [0.05, 0.1) is 5.02 Å². The second-order valence-corrected chi connectivity index (χ2v) is 3.68. The maximum atomic E-state index is 11.4. The third-order valence-electron chi connectivity index (χ3n) is 2.14. The molecule has 2 aromatic rings. The quantitative estimate of drug-likeness (QED) is 0.867. The molecule has 2 aromatic heterocycles. The fourth-order valence-corrected chi connectivity index (χ4v) is 1.57. The number of hydrogen-bond acceptors (Lipinski definition) is 3. The maximum absolute atomic E-state index is 11.4. The number of rotatable bonds is 2. The second-order valence-electron chi connectivity index (χ2n) is 3.27. The minimum atomic E-state index is -0.191. The van der Waals surface area contributed by atoms with Gasteiger partial charge in [-0.25, -0.2) is 4.98 Å². The highest BCUT2D eigenvalue weighted by Crippen LogP contribution is 2.20. The molecule has 2 heterocycles. The molecular formula is C11H10ClN3O. The highest BCUT2D eigenvalue weighted by Gasteiger charge is 2.07. The molecule has 0 aliphatic carbocycles. The van der Waals surface area contributed by atoms with E-state index in [1.165, 1.54) is 6.07 Å². The van der Waals surface area contributed by atoms with E-state index in [2.05, 4.69) is 15.0 Å². The van der Waals surface area contributed by atoms with Gasteiger partial charge < -0.3 is 4.98 Å². The Hall–Kier alpha value is -1.68. The first-order chi connectivity index (χ1) is 7.70. The minimum absolute atomic E-state index is 0.191. The van der Waals surface area contributed by atoms with Crippen LogP contribution >= 0.6 is 11.6 Å². The van der Waals surface area contributed by atoms with Crippen LogP contribution in [-0.2, 0) is 6.42 Å². The van der Waals surface area contributed by atoms with E-state index >= 15 is 0 Å². The Balaban J connectivity index is 2.60. The highest BCUT2D eigenvalue weighted by atomic mass is 35.5. The Bertz CT molecular complexity index is 565. The van der Waals surface area contributed by atoms with Crippen molar-refractivity contribution >= 4 is 11.6 Å². The molecule has 0 unspecified atom stereocenters. The summed E-state index contributed by atoms with van der Waals surface area (Å²) < 4.78 is 0. The van der Waals surface area contributed by atoms with Crippen LogP contribution in [0.3, 0.4) is 0 Å². The highest BCUT2D eigenvalue weighted by molar-refractivity contribution is 6.32.